The van der Waals surface area contributed by atoms with Crippen LogP contribution in [-0.4, -0.2) is 30.3 Å². The number of benzene rings is 1. The van der Waals surface area contributed by atoms with E-state index in [0.717, 1.165) is 5.70 Å². The summed E-state index contributed by atoms with van der Waals surface area (Å²) in [5.41, 5.74) is 2.63. The minimum atomic E-state index is -3.88. The average Bonchev–Trinajstić information content (AvgIpc) is 2.79. The standard InChI is InChI=1S/C25H26N4O4S/c1-16-13-22(23(33-2)15-20(16)17-5-3-6-17)29-21-10-9-19(14-18(21)8-11-25(29)30)34(31,32)28-24-7-4-12-26-27-24/h4,7-12,14-17H,3,5-6,13H2,1-2H3,(H,27,28). The number of pyridine rings is 1. The van der Waals surface area contributed by atoms with Gasteiger partial charge in [-0.05, 0) is 73.6 Å². The molecule has 176 valence electrons. The molecule has 2 aliphatic carbocycles. The summed E-state index contributed by atoms with van der Waals surface area (Å²) in [6.07, 6.45) is 7.91. The molecular formula is C25H26N4O4S. The molecule has 5 rings (SSSR count). The molecule has 0 radical (unpaired) electrons. The van der Waals surface area contributed by atoms with Crippen molar-refractivity contribution < 1.29 is 13.2 Å². The molecule has 2 aliphatic rings. The first-order valence-corrected chi connectivity index (χ1v) is 12.8. The third-order valence-corrected chi connectivity index (χ3v) is 8.06. The Bertz CT molecular complexity index is 1470. The zero-order chi connectivity index (χ0) is 23.9. The fraction of sp³-hybridized carbons (Fsp3) is 0.320. The maximum Gasteiger partial charge on any atom is 0.263 e. The topological polar surface area (TPSA) is 103 Å². The van der Waals surface area contributed by atoms with E-state index in [9.17, 15) is 13.2 Å². The largest absolute Gasteiger partial charge is 0.495 e. The summed E-state index contributed by atoms with van der Waals surface area (Å²) in [6.45, 7) is 2.19. The van der Waals surface area contributed by atoms with Crippen LogP contribution < -0.4 is 10.3 Å². The minimum Gasteiger partial charge on any atom is -0.495 e. The molecule has 0 amide bonds. The molecule has 2 aromatic heterocycles. The van der Waals surface area contributed by atoms with Gasteiger partial charge in [0.1, 0.15) is 5.76 Å². The lowest BCUT2D eigenvalue weighted by atomic mass is 9.72. The van der Waals surface area contributed by atoms with Crippen molar-refractivity contribution in [2.45, 2.75) is 37.5 Å². The Morgan fingerprint density at radius 1 is 1.15 bits per heavy atom. The van der Waals surface area contributed by atoms with Gasteiger partial charge in [0, 0.05) is 17.6 Å². The molecule has 0 spiro atoms. The quantitative estimate of drug-likeness (QED) is 0.570. The van der Waals surface area contributed by atoms with Crippen LogP contribution >= 0.6 is 0 Å². The Hall–Kier alpha value is -3.46. The van der Waals surface area contributed by atoms with Gasteiger partial charge in [0.15, 0.2) is 5.82 Å². The number of ether oxygens (including phenoxy) is 1. The van der Waals surface area contributed by atoms with E-state index in [0.29, 0.717) is 34.9 Å². The summed E-state index contributed by atoms with van der Waals surface area (Å²) in [7, 11) is -2.25. The van der Waals surface area contributed by atoms with Crippen molar-refractivity contribution in [2.75, 3.05) is 11.8 Å². The lowest BCUT2D eigenvalue weighted by Crippen LogP contribution is -2.26. The number of methoxy groups -OCH3 is 1. The molecule has 0 bridgehead atoms. The number of sulfonamides is 1. The normalized spacial score (nSPS) is 19.0. The number of anilines is 1. The van der Waals surface area contributed by atoms with Crippen molar-refractivity contribution in [1.29, 1.82) is 0 Å². The SMILES string of the molecule is COC1=C(n2c(=O)ccc3cc(S(=O)(=O)Nc4cccnn4)ccc32)CC(C)C(C2CCC2)=C1. The van der Waals surface area contributed by atoms with Crippen molar-refractivity contribution in [3.63, 3.8) is 0 Å². The van der Waals surface area contributed by atoms with Gasteiger partial charge in [-0.15, -0.1) is 5.10 Å². The number of aromatic nitrogens is 3. The van der Waals surface area contributed by atoms with E-state index in [1.54, 1.807) is 35.9 Å². The highest BCUT2D eigenvalue weighted by atomic mass is 32.2. The number of nitrogens with one attached hydrogen (secondary N) is 1. The fourth-order valence-corrected chi connectivity index (χ4v) is 5.78. The van der Waals surface area contributed by atoms with E-state index >= 15 is 0 Å². The van der Waals surface area contributed by atoms with Gasteiger partial charge in [-0.2, -0.15) is 5.10 Å². The average molecular weight is 479 g/mol. The van der Waals surface area contributed by atoms with Crippen LogP contribution in [0.3, 0.4) is 0 Å². The maximum absolute atomic E-state index is 13.0. The van der Waals surface area contributed by atoms with Gasteiger partial charge in [-0.25, -0.2) is 8.42 Å². The van der Waals surface area contributed by atoms with Crippen LogP contribution in [-0.2, 0) is 14.8 Å². The Labute approximate surface area is 198 Å². The van der Waals surface area contributed by atoms with E-state index in [2.05, 4.69) is 27.9 Å². The highest BCUT2D eigenvalue weighted by Crippen LogP contribution is 2.43. The van der Waals surface area contributed by atoms with Crippen molar-refractivity contribution in [3.8, 4) is 0 Å². The van der Waals surface area contributed by atoms with Crippen LogP contribution in [0.25, 0.3) is 16.6 Å². The second kappa shape index (κ2) is 8.72. The summed E-state index contributed by atoms with van der Waals surface area (Å²) < 4.78 is 35.6. The van der Waals surface area contributed by atoms with E-state index in [1.807, 2.05) is 0 Å². The number of rotatable bonds is 6. The summed E-state index contributed by atoms with van der Waals surface area (Å²) in [5, 5.41) is 8.11. The number of fused-ring (bicyclic) bond motifs is 1. The van der Waals surface area contributed by atoms with Gasteiger partial charge in [0.2, 0.25) is 0 Å². The summed E-state index contributed by atoms with van der Waals surface area (Å²) >= 11 is 0. The second-order valence-electron chi connectivity index (χ2n) is 8.83. The molecular weight excluding hydrogens is 452 g/mol. The molecule has 3 aromatic rings. The number of nitrogens with zero attached hydrogens (tertiary/aromatic N) is 3. The van der Waals surface area contributed by atoms with Crippen LogP contribution in [0.1, 0.15) is 32.6 Å². The predicted octanol–water partition coefficient (Wildman–Crippen LogP) is 4.17. The number of hydrogen-bond donors (Lipinski definition) is 1. The minimum absolute atomic E-state index is 0.0703. The molecule has 1 unspecified atom stereocenters. The molecule has 8 nitrogen and oxygen atoms in total. The third kappa shape index (κ3) is 4.00. The van der Waals surface area contributed by atoms with E-state index < -0.39 is 10.0 Å². The molecule has 1 N–H and O–H groups in total. The lowest BCUT2D eigenvalue weighted by Gasteiger charge is -2.35. The van der Waals surface area contributed by atoms with Crippen molar-refractivity contribution in [1.82, 2.24) is 14.8 Å². The zero-order valence-electron chi connectivity index (χ0n) is 19.1. The van der Waals surface area contributed by atoms with Crippen molar-refractivity contribution in [3.05, 3.63) is 76.4 Å². The molecule has 1 saturated carbocycles. The fourth-order valence-electron chi connectivity index (χ4n) is 4.75. The highest BCUT2D eigenvalue weighted by Gasteiger charge is 2.31. The Kier molecular flexibility index (Phi) is 5.73. The van der Waals surface area contributed by atoms with Gasteiger partial charge in [0.05, 0.1) is 23.2 Å². The highest BCUT2D eigenvalue weighted by molar-refractivity contribution is 7.92. The Morgan fingerprint density at radius 3 is 2.65 bits per heavy atom. The van der Waals surface area contributed by atoms with Gasteiger partial charge in [-0.3, -0.25) is 14.1 Å². The molecule has 1 aromatic carbocycles. The monoisotopic (exact) mass is 478 g/mol. The zero-order valence-corrected chi connectivity index (χ0v) is 19.9. The van der Waals surface area contributed by atoms with Crippen molar-refractivity contribution in [2.24, 2.45) is 11.8 Å². The first-order valence-electron chi connectivity index (χ1n) is 11.3. The van der Waals surface area contributed by atoms with E-state index in [1.165, 1.54) is 49.2 Å². The Morgan fingerprint density at radius 2 is 1.97 bits per heavy atom. The van der Waals surface area contributed by atoms with Crippen LogP contribution in [0.4, 0.5) is 5.82 Å². The first kappa shape index (κ1) is 22.3. The van der Waals surface area contributed by atoms with Crippen LogP contribution in [0.15, 0.2) is 75.8 Å². The van der Waals surface area contributed by atoms with Crippen LogP contribution in [0.5, 0.6) is 0 Å². The van der Waals surface area contributed by atoms with E-state index in [-0.39, 0.29) is 16.3 Å². The molecule has 1 atom stereocenters. The molecule has 0 aliphatic heterocycles. The molecule has 1 fully saturated rings. The summed E-state index contributed by atoms with van der Waals surface area (Å²) in [6, 6.07) is 10.9. The van der Waals surface area contributed by atoms with Gasteiger partial charge in [-0.1, -0.05) is 18.9 Å². The molecule has 2 heterocycles. The smallest absolute Gasteiger partial charge is 0.263 e. The molecule has 0 saturated heterocycles. The van der Waals surface area contributed by atoms with Crippen LogP contribution in [0.2, 0.25) is 0 Å². The molecule has 9 heteroatoms. The maximum atomic E-state index is 13.0. The van der Waals surface area contributed by atoms with Gasteiger partial charge in [0.25, 0.3) is 15.6 Å². The predicted molar refractivity (Wildman–Crippen MR) is 130 cm³/mol. The number of hydrogen-bond acceptors (Lipinski definition) is 6. The number of allylic oxidation sites excluding steroid dienone is 3. The van der Waals surface area contributed by atoms with Gasteiger partial charge >= 0.3 is 0 Å². The van der Waals surface area contributed by atoms with Crippen LogP contribution in [0, 0.1) is 11.8 Å². The lowest BCUT2D eigenvalue weighted by molar-refractivity contribution is 0.290. The summed E-state index contributed by atoms with van der Waals surface area (Å²) in [5.74, 6) is 1.72. The van der Waals surface area contributed by atoms with E-state index in [4.69, 9.17) is 4.74 Å². The molecule has 34 heavy (non-hydrogen) atoms. The van der Waals surface area contributed by atoms with Gasteiger partial charge < -0.3 is 4.74 Å². The Balaban J connectivity index is 1.59. The summed E-state index contributed by atoms with van der Waals surface area (Å²) in [4.78, 5) is 13.1. The second-order valence-corrected chi connectivity index (χ2v) is 10.5. The third-order valence-electron chi connectivity index (χ3n) is 6.70. The van der Waals surface area contributed by atoms with Crippen molar-refractivity contribution >= 4 is 32.4 Å². The first-order chi connectivity index (χ1) is 16.4.